The summed E-state index contributed by atoms with van der Waals surface area (Å²) in [5.41, 5.74) is 2.69. The minimum absolute atomic E-state index is 0.00342. The lowest BCUT2D eigenvalue weighted by molar-refractivity contribution is 0.282. The molecule has 0 radical (unpaired) electrons. The lowest BCUT2D eigenvalue weighted by Gasteiger charge is -2.16. The van der Waals surface area contributed by atoms with Crippen molar-refractivity contribution in [3.05, 3.63) is 42.0 Å². The van der Waals surface area contributed by atoms with Gasteiger partial charge in [0.15, 0.2) is 11.5 Å². The van der Waals surface area contributed by atoms with E-state index >= 15 is 0 Å². The highest BCUT2D eigenvalue weighted by Crippen LogP contribution is 2.44. The molecule has 4 nitrogen and oxygen atoms in total. The number of hydrogen-bond donors (Lipinski definition) is 1. The Morgan fingerprint density at radius 2 is 1.65 bits per heavy atom. The fraction of sp³-hybridized carbons (Fsp3) is 0.250. The van der Waals surface area contributed by atoms with Gasteiger partial charge < -0.3 is 19.3 Å². The minimum Gasteiger partial charge on any atom is -0.493 e. The fourth-order valence-corrected chi connectivity index (χ4v) is 2.17. The molecule has 0 aliphatic carbocycles. The Kier molecular flexibility index (Phi) is 4.48. The second-order valence-corrected chi connectivity index (χ2v) is 4.24. The van der Waals surface area contributed by atoms with Crippen LogP contribution in [0, 0.1) is 0 Å². The topological polar surface area (TPSA) is 47.9 Å². The van der Waals surface area contributed by atoms with E-state index in [1.807, 2.05) is 36.4 Å². The third-order valence-electron chi connectivity index (χ3n) is 3.12. The third kappa shape index (κ3) is 2.56. The van der Waals surface area contributed by atoms with Crippen molar-refractivity contribution >= 4 is 0 Å². The molecule has 0 aromatic heterocycles. The summed E-state index contributed by atoms with van der Waals surface area (Å²) < 4.78 is 16.1. The molecule has 0 amide bonds. The monoisotopic (exact) mass is 274 g/mol. The van der Waals surface area contributed by atoms with Gasteiger partial charge in [0.2, 0.25) is 5.75 Å². The maximum absolute atomic E-state index is 9.24. The van der Waals surface area contributed by atoms with E-state index in [4.69, 9.17) is 14.2 Å². The summed E-state index contributed by atoms with van der Waals surface area (Å²) in [6, 6.07) is 11.4. The number of ether oxygens (including phenoxy) is 3. The maximum atomic E-state index is 9.24. The van der Waals surface area contributed by atoms with Gasteiger partial charge in [-0.25, -0.2) is 0 Å². The fourth-order valence-electron chi connectivity index (χ4n) is 2.17. The number of rotatable bonds is 5. The Balaban J connectivity index is 2.61. The van der Waals surface area contributed by atoms with Gasteiger partial charge in [-0.2, -0.15) is 0 Å². The van der Waals surface area contributed by atoms with Crippen molar-refractivity contribution in [2.24, 2.45) is 0 Å². The van der Waals surface area contributed by atoms with Crippen LogP contribution in [0.3, 0.4) is 0 Å². The molecule has 2 aromatic carbocycles. The van der Waals surface area contributed by atoms with Gasteiger partial charge in [0.25, 0.3) is 0 Å². The van der Waals surface area contributed by atoms with Crippen molar-refractivity contribution in [1.82, 2.24) is 0 Å². The zero-order chi connectivity index (χ0) is 14.5. The summed E-state index contributed by atoms with van der Waals surface area (Å²) in [6.07, 6.45) is 0. The Morgan fingerprint density at radius 1 is 0.900 bits per heavy atom. The van der Waals surface area contributed by atoms with Gasteiger partial charge in [-0.1, -0.05) is 18.2 Å². The van der Waals surface area contributed by atoms with Crippen LogP contribution in [-0.2, 0) is 6.61 Å². The lowest BCUT2D eigenvalue weighted by atomic mass is 10.0. The minimum atomic E-state index is 0.00342. The highest BCUT2D eigenvalue weighted by Gasteiger charge is 2.16. The third-order valence-corrected chi connectivity index (χ3v) is 3.12. The van der Waals surface area contributed by atoms with E-state index in [1.54, 1.807) is 21.3 Å². The van der Waals surface area contributed by atoms with Crippen LogP contribution in [0.5, 0.6) is 17.2 Å². The van der Waals surface area contributed by atoms with E-state index in [9.17, 15) is 5.11 Å². The number of aliphatic hydroxyl groups excluding tert-OH is 1. The molecule has 0 aliphatic rings. The molecule has 2 aromatic rings. The first kappa shape index (κ1) is 14.2. The van der Waals surface area contributed by atoms with Gasteiger partial charge >= 0.3 is 0 Å². The molecular weight excluding hydrogens is 256 g/mol. The summed E-state index contributed by atoms with van der Waals surface area (Å²) in [4.78, 5) is 0. The molecule has 106 valence electrons. The molecule has 1 N–H and O–H groups in total. The highest BCUT2D eigenvalue weighted by molar-refractivity contribution is 5.76. The zero-order valence-electron chi connectivity index (χ0n) is 11.8. The van der Waals surface area contributed by atoms with Crippen LogP contribution in [0.2, 0.25) is 0 Å². The van der Waals surface area contributed by atoms with Crippen LogP contribution < -0.4 is 14.2 Å². The smallest absolute Gasteiger partial charge is 0.203 e. The highest BCUT2D eigenvalue weighted by atomic mass is 16.5. The average Bonchev–Trinajstić information content (AvgIpc) is 2.53. The molecule has 0 unspecified atom stereocenters. The molecule has 20 heavy (non-hydrogen) atoms. The zero-order valence-corrected chi connectivity index (χ0v) is 11.8. The Labute approximate surface area is 118 Å². The van der Waals surface area contributed by atoms with Crippen LogP contribution in [0.25, 0.3) is 11.1 Å². The first-order chi connectivity index (χ1) is 9.74. The van der Waals surface area contributed by atoms with Gasteiger partial charge in [-0.15, -0.1) is 0 Å². The molecule has 0 saturated carbocycles. The van der Waals surface area contributed by atoms with Gasteiger partial charge in [0.05, 0.1) is 27.9 Å². The van der Waals surface area contributed by atoms with E-state index in [2.05, 4.69) is 0 Å². The van der Waals surface area contributed by atoms with E-state index in [0.29, 0.717) is 17.2 Å². The molecule has 0 fully saturated rings. The number of aliphatic hydroxyl groups is 1. The molecule has 0 aliphatic heterocycles. The van der Waals surface area contributed by atoms with E-state index in [0.717, 1.165) is 16.7 Å². The first-order valence-electron chi connectivity index (χ1n) is 6.24. The second-order valence-electron chi connectivity index (χ2n) is 4.24. The normalized spacial score (nSPS) is 10.2. The summed E-state index contributed by atoms with van der Waals surface area (Å²) in [5.74, 6) is 1.79. The van der Waals surface area contributed by atoms with E-state index in [-0.39, 0.29) is 6.61 Å². The van der Waals surface area contributed by atoms with Gasteiger partial charge in [-0.3, -0.25) is 0 Å². The molecule has 0 spiro atoms. The van der Waals surface area contributed by atoms with Gasteiger partial charge in [0, 0.05) is 5.56 Å². The summed E-state index contributed by atoms with van der Waals surface area (Å²) in [6.45, 7) is 0.00342. The SMILES string of the molecule is COc1ccc(-c2cccc(CO)c2)c(OC)c1OC. The Hall–Kier alpha value is -2.20. The van der Waals surface area contributed by atoms with Crippen molar-refractivity contribution in [3.63, 3.8) is 0 Å². The van der Waals surface area contributed by atoms with E-state index < -0.39 is 0 Å². The molecule has 0 heterocycles. The van der Waals surface area contributed by atoms with Crippen molar-refractivity contribution in [2.45, 2.75) is 6.61 Å². The van der Waals surface area contributed by atoms with Crippen molar-refractivity contribution in [1.29, 1.82) is 0 Å². The first-order valence-corrected chi connectivity index (χ1v) is 6.24. The molecule has 4 heteroatoms. The largest absolute Gasteiger partial charge is 0.493 e. The molecule has 2 rings (SSSR count). The summed E-state index contributed by atoms with van der Waals surface area (Å²) in [7, 11) is 4.76. The van der Waals surface area contributed by atoms with Crippen LogP contribution in [0.15, 0.2) is 36.4 Å². The van der Waals surface area contributed by atoms with Gasteiger partial charge in [-0.05, 0) is 29.3 Å². The van der Waals surface area contributed by atoms with Crippen LogP contribution >= 0.6 is 0 Å². The average molecular weight is 274 g/mol. The Bertz CT molecular complexity index is 593. The second kappa shape index (κ2) is 6.30. The quantitative estimate of drug-likeness (QED) is 0.910. The standard InChI is InChI=1S/C16H18O4/c1-18-14-8-7-13(15(19-2)16(14)20-3)12-6-4-5-11(9-12)10-17/h4-9,17H,10H2,1-3H3. The number of hydrogen-bond acceptors (Lipinski definition) is 4. The van der Waals surface area contributed by atoms with Crippen LogP contribution in [0.4, 0.5) is 0 Å². The number of methoxy groups -OCH3 is 3. The summed E-state index contributed by atoms with van der Waals surface area (Å²) >= 11 is 0. The maximum Gasteiger partial charge on any atom is 0.203 e. The molecule has 0 bridgehead atoms. The number of benzene rings is 2. The molecule has 0 saturated heterocycles. The van der Waals surface area contributed by atoms with Crippen molar-refractivity contribution in [2.75, 3.05) is 21.3 Å². The predicted octanol–water partition coefficient (Wildman–Crippen LogP) is 2.87. The molecular formula is C16H18O4. The van der Waals surface area contributed by atoms with Crippen molar-refractivity contribution < 1.29 is 19.3 Å². The van der Waals surface area contributed by atoms with E-state index in [1.165, 1.54) is 0 Å². The van der Waals surface area contributed by atoms with Crippen molar-refractivity contribution in [3.8, 4) is 28.4 Å². The predicted molar refractivity (Wildman–Crippen MR) is 77.5 cm³/mol. The molecule has 0 atom stereocenters. The lowest BCUT2D eigenvalue weighted by Crippen LogP contribution is -1.97. The van der Waals surface area contributed by atoms with Gasteiger partial charge in [0.1, 0.15) is 0 Å². The Morgan fingerprint density at radius 3 is 2.25 bits per heavy atom. The van der Waals surface area contributed by atoms with Crippen LogP contribution in [-0.4, -0.2) is 26.4 Å². The van der Waals surface area contributed by atoms with Crippen LogP contribution in [0.1, 0.15) is 5.56 Å². The summed E-state index contributed by atoms with van der Waals surface area (Å²) in [5, 5.41) is 9.24.